The molecular formula is C9H17NO2S. The van der Waals surface area contributed by atoms with Gasteiger partial charge in [0.2, 0.25) is 0 Å². The highest BCUT2D eigenvalue weighted by molar-refractivity contribution is 7.99. The number of methoxy groups -OCH3 is 1. The zero-order valence-corrected chi connectivity index (χ0v) is 8.86. The monoisotopic (exact) mass is 203 g/mol. The molecule has 0 aromatic heterocycles. The summed E-state index contributed by atoms with van der Waals surface area (Å²) in [6, 6.07) is 0. The average molecular weight is 203 g/mol. The number of nitrogens with one attached hydrogen (secondary N) is 1. The van der Waals surface area contributed by atoms with Crippen LogP contribution in [0.1, 0.15) is 12.8 Å². The van der Waals surface area contributed by atoms with Crippen molar-refractivity contribution in [3.8, 4) is 0 Å². The second-order valence-electron chi connectivity index (χ2n) is 3.28. The molecule has 0 saturated carbocycles. The summed E-state index contributed by atoms with van der Waals surface area (Å²) < 4.78 is 4.55. The Hall–Kier alpha value is -0.220. The van der Waals surface area contributed by atoms with Crippen LogP contribution >= 0.6 is 11.8 Å². The molecule has 76 valence electrons. The van der Waals surface area contributed by atoms with Crippen LogP contribution < -0.4 is 5.32 Å². The topological polar surface area (TPSA) is 38.3 Å². The van der Waals surface area contributed by atoms with E-state index in [0.29, 0.717) is 6.42 Å². The second-order valence-corrected chi connectivity index (χ2v) is 4.43. The van der Waals surface area contributed by atoms with E-state index in [-0.39, 0.29) is 5.97 Å². The van der Waals surface area contributed by atoms with E-state index in [1.807, 2.05) is 11.8 Å². The molecule has 13 heavy (non-hydrogen) atoms. The van der Waals surface area contributed by atoms with Crippen LogP contribution in [0.4, 0.5) is 0 Å². The summed E-state index contributed by atoms with van der Waals surface area (Å²) in [4.78, 5) is 10.7. The Bertz CT molecular complexity index is 160. The van der Waals surface area contributed by atoms with Gasteiger partial charge in [0, 0.05) is 6.42 Å². The fourth-order valence-electron chi connectivity index (χ4n) is 1.14. The molecule has 0 aliphatic carbocycles. The molecule has 0 amide bonds. The van der Waals surface area contributed by atoms with E-state index in [4.69, 9.17) is 0 Å². The Morgan fingerprint density at radius 1 is 1.62 bits per heavy atom. The van der Waals surface area contributed by atoms with Crippen molar-refractivity contribution >= 4 is 17.7 Å². The predicted molar refractivity (Wildman–Crippen MR) is 54.9 cm³/mol. The smallest absolute Gasteiger partial charge is 0.305 e. The van der Waals surface area contributed by atoms with Gasteiger partial charge in [-0.2, -0.15) is 11.8 Å². The van der Waals surface area contributed by atoms with E-state index in [0.717, 1.165) is 18.1 Å². The summed E-state index contributed by atoms with van der Waals surface area (Å²) in [6.07, 6.45) is 1.50. The minimum Gasteiger partial charge on any atom is -0.469 e. The van der Waals surface area contributed by atoms with Gasteiger partial charge in [0.15, 0.2) is 0 Å². The number of rotatable bonds is 6. The van der Waals surface area contributed by atoms with Crippen LogP contribution in [0.5, 0.6) is 0 Å². The molecule has 0 aromatic carbocycles. The second kappa shape index (κ2) is 6.27. The molecule has 0 bridgehead atoms. The van der Waals surface area contributed by atoms with Crippen molar-refractivity contribution in [1.29, 1.82) is 0 Å². The van der Waals surface area contributed by atoms with Gasteiger partial charge in [-0.05, 0) is 36.9 Å². The summed E-state index contributed by atoms with van der Waals surface area (Å²) in [5, 5.41) is 3.24. The quantitative estimate of drug-likeness (QED) is 0.514. The van der Waals surface area contributed by atoms with Crippen LogP contribution in [0.15, 0.2) is 0 Å². The Morgan fingerprint density at radius 3 is 2.92 bits per heavy atom. The normalized spacial score (nSPS) is 16.7. The van der Waals surface area contributed by atoms with Gasteiger partial charge in [-0.3, -0.25) is 4.79 Å². The summed E-state index contributed by atoms with van der Waals surface area (Å²) in [6.45, 7) is 2.34. The lowest BCUT2D eigenvalue weighted by molar-refractivity contribution is -0.140. The third-order valence-electron chi connectivity index (χ3n) is 2.12. The van der Waals surface area contributed by atoms with Gasteiger partial charge >= 0.3 is 5.97 Å². The average Bonchev–Trinajstić information content (AvgIpc) is 2.07. The standard InChI is InChI=1S/C9H17NO2S/c1-12-9(11)3-2-4-13-7-8-5-10-6-8/h8,10H,2-7H2,1H3. The van der Waals surface area contributed by atoms with Crippen molar-refractivity contribution in [3.05, 3.63) is 0 Å². The molecule has 4 heteroatoms. The molecule has 0 aromatic rings. The van der Waals surface area contributed by atoms with Crippen LogP contribution in [-0.2, 0) is 9.53 Å². The first-order chi connectivity index (χ1) is 6.33. The summed E-state index contributed by atoms with van der Waals surface area (Å²) >= 11 is 1.94. The maximum absolute atomic E-state index is 10.7. The summed E-state index contributed by atoms with van der Waals surface area (Å²) in [5.41, 5.74) is 0. The van der Waals surface area contributed by atoms with Crippen LogP contribution in [0.25, 0.3) is 0 Å². The van der Waals surface area contributed by atoms with Crippen molar-refractivity contribution in [2.45, 2.75) is 12.8 Å². The molecule has 1 saturated heterocycles. The Kier molecular flexibility index (Phi) is 5.23. The van der Waals surface area contributed by atoms with Gasteiger partial charge in [-0.25, -0.2) is 0 Å². The van der Waals surface area contributed by atoms with Crippen molar-refractivity contribution in [2.75, 3.05) is 31.7 Å². The number of thioether (sulfide) groups is 1. The van der Waals surface area contributed by atoms with Crippen molar-refractivity contribution < 1.29 is 9.53 Å². The Balaban J connectivity index is 1.80. The van der Waals surface area contributed by atoms with Crippen LogP contribution in [-0.4, -0.2) is 37.7 Å². The largest absolute Gasteiger partial charge is 0.469 e. The minimum absolute atomic E-state index is 0.0917. The maximum atomic E-state index is 10.7. The fraction of sp³-hybridized carbons (Fsp3) is 0.889. The third kappa shape index (κ3) is 4.52. The van der Waals surface area contributed by atoms with Crippen molar-refractivity contribution in [1.82, 2.24) is 5.32 Å². The Labute approximate surface area is 83.6 Å². The van der Waals surface area contributed by atoms with Gasteiger partial charge in [-0.15, -0.1) is 0 Å². The fourth-order valence-corrected chi connectivity index (χ4v) is 2.22. The maximum Gasteiger partial charge on any atom is 0.305 e. The van der Waals surface area contributed by atoms with Crippen LogP contribution in [0, 0.1) is 5.92 Å². The Morgan fingerprint density at radius 2 is 2.38 bits per heavy atom. The molecule has 1 rings (SSSR count). The number of hydrogen-bond donors (Lipinski definition) is 1. The predicted octanol–water partition coefficient (Wildman–Crippen LogP) is 0.892. The highest BCUT2D eigenvalue weighted by atomic mass is 32.2. The first-order valence-corrected chi connectivity index (χ1v) is 5.83. The lowest BCUT2D eigenvalue weighted by atomic mass is 10.1. The van der Waals surface area contributed by atoms with E-state index in [2.05, 4.69) is 10.1 Å². The molecule has 0 radical (unpaired) electrons. The van der Waals surface area contributed by atoms with Gasteiger partial charge in [0.1, 0.15) is 0 Å². The zero-order valence-electron chi connectivity index (χ0n) is 8.04. The van der Waals surface area contributed by atoms with E-state index in [1.165, 1.54) is 26.0 Å². The number of ether oxygens (including phenoxy) is 1. The van der Waals surface area contributed by atoms with E-state index < -0.39 is 0 Å². The van der Waals surface area contributed by atoms with Gasteiger partial charge < -0.3 is 10.1 Å². The van der Waals surface area contributed by atoms with Gasteiger partial charge in [0.25, 0.3) is 0 Å². The lowest BCUT2D eigenvalue weighted by Gasteiger charge is -2.26. The molecule has 0 unspecified atom stereocenters. The van der Waals surface area contributed by atoms with Gasteiger partial charge in [-0.1, -0.05) is 0 Å². The SMILES string of the molecule is COC(=O)CCCSCC1CNC1. The first-order valence-electron chi connectivity index (χ1n) is 4.68. The number of carbonyl (C=O) groups is 1. The van der Waals surface area contributed by atoms with Crippen molar-refractivity contribution in [3.63, 3.8) is 0 Å². The molecular weight excluding hydrogens is 186 g/mol. The molecule has 0 spiro atoms. The highest BCUT2D eigenvalue weighted by Crippen LogP contribution is 2.13. The molecule has 1 heterocycles. The minimum atomic E-state index is -0.0917. The van der Waals surface area contributed by atoms with E-state index >= 15 is 0 Å². The van der Waals surface area contributed by atoms with Crippen LogP contribution in [0.3, 0.4) is 0 Å². The lowest BCUT2D eigenvalue weighted by Crippen LogP contribution is -2.43. The molecule has 1 aliphatic heterocycles. The molecule has 0 atom stereocenters. The molecule has 1 N–H and O–H groups in total. The summed E-state index contributed by atoms with van der Waals surface area (Å²) in [5.74, 6) is 3.08. The first kappa shape index (κ1) is 10.9. The highest BCUT2D eigenvalue weighted by Gasteiger charge is 2.15. The van der Waals surface area contributed by atoms with E-state index in [9.17, 15) is 4.79 Å². The molecule has 3 nitrogen and oxygen atoms in total. The van der Waals surface area contributed by atoms with Gasteiger partial charge in [0.05, 0.1) is 7.11 Å². The van der Waals surface area contributed by atoms with E-state index in [1.54, 1.807) is 0 Å². The number of carbonyl (C=O) groups excluding carboxylic acids is 1. The third-order valence-corrected chi connectivity index (χ3v) is 3.40. The molecule has 1 fully saturated rings. The zero-order chi connectivity index (χ0) is 9.52. The van der Waals surface area contributed by atoms with Crippen molar-refractivity contribution in [2.24, 2.45) is 5.92 Å². The number of esters is 1. The number of hydrogen-bond acceptors (Lipinski definition) is 4. The van der Waals surface area contributed by atoms with Crippen LogP contribution in [0.2, 0.25) is 0 Å². The molecule has 1 aliphatic rings. The summed E-state index contributed by atoms with van der Waals surface area (Å²) in [7, 11) is 1.44.